The van der Waals surface area contributed by atoms with Gasteiger partial charge in [0.2, 0.25) is 10.0 Å². The van der Waals surface area contributed by atoms with Crippen molar-refractivity contribution in [3.8, 4) is 0 Å². The first kappa shape index (κ1) is 18.5. The molecule has 0 aromatic heterocycles. The number of aliphatic hydroxyl groups is 1. The van der Waals surface area contributed by atoms with Gasteiger partial charge in [-0.05, 0) is 48.9 Å². The van der Waals surface area contributed by atoms with Crippen LogP contribution in [0, 0.1) is 5.82 Å². The maximum atomic E-state index is 13.5. The molecule has 0 fully saturated rings. The minimum Gasteiger partial charge on any atom is -0.388 e. The summed E-state index contributed by atoms with van der Waals surface area (Å²) in [6.45, 7) is 0.288. The number of amides is 1. The molecular formula is C18H19FN2O4S. The zero-order valence-corrected chi connectivity index (χ0v) is 15.2. The summed E-state index contributed by atoms with van der Waals surface area (Å²) >= 11 is 0. The van der Waals surface area contributed by atoms with Gasteiger partial charge in [-0.15, -0.1) is 0 Å². The van der Waals surface area contributed by atoms with Crippen molar-refractivity contribution in [2.75, 3.05) is 25.5 Å². The fraction of sp³-hybridized carbons (Fsp3) is 0.278. The molecule has 138 valence electrons. The first-order valence-electron chi connectivity index (χ1n) is 8.04. The number of nitrogens with zero attached hydrogens (tertiary/aromatic N) is 2. The highest BCUT2D eigenvalue weighted by Gasteiger charge is 2.29. The van der Waals surface area contributed by atoms with Crippen molar-refractivity contribution in [3.63, 3.8) is 0 Å². The van der Waals surface area contributed by atoms with Crippen LogP contribution in [0.3, 0.4) is 0 Å². The molecule has 26 heavy (non-hydrogen) atoms. The van der Waals surface area contributed by atoms with Crippen molar-refractivity contribution in [3.05, 3.63) is 59.4 Å². The van der Waals surface area contributed by atoms with E-state index in [0.29, 0.717) is 23.2 Å². The number of carbonyl (C=O) groups is 1. The largest absolute Gasteiger partial charge is 0.388 e. The number of halogens is 1. The smallest absolute Gasteiger partial charge is 0.258 e. The summed E-state index contributed by atoms with van der Waals surface area (Å²) in [7, 11) is -0.703. The van der Waals surface area contributed by atoms with Gasteiger partial charge < -0.3 is 10.0 Å². The summed E-state index contributed by atoms with van der Waals surface area (Å²) in [5.74, 6) is -0.811. The van der Waals surface area contributed by atoms with Gasteiger partial charge in [-0.1, -0.05) is 0 Å². The number of hydrogen-bond acceptors (Lipinski definition) is 4. The number of fused-ring (bicyclic) bond motifs is 1. The molecule has 1 N–H and O–H groups in total. The Morgan fingerprint density at radius 3 is 2.46 bits per heavy atom. The van der Waals surface area contributed by atoms with E-state index in [0.717, 1.165) is 4.31 Å². The molecule has 0 saturated carbocycles. The van der Waals surface area contributed by atoms with E-state index >= 15 is 0 Å². The summed E-state index contributed by atoms with van der Waals surface area (Å²) in [5, 5.41) is 10.1. The van der Waals surface area contributed by atoms with Crippen LogP contribution in [0.25, 0.3) is 0 Å². The Bertz CT molecular complexity index is 942. The molecule has 1 aliphatic rings. The van der Waals surface area contributed by atoms with Crippen molar-refractivity contribution < 1.29 is 22.7 Å². The molecule has 2 aromatic carbocycles. The quantitative estimate of drug-likeness (QED) is 0.888. The van der Waals surface area contributed by atoms with E-state index < -0.39 is 21.9 Å². The summed E-state index contributed by atoms with van der Waals surface area (Å²) in [6.07, 6.45) is -0.521. The maximum absolute atomic E-state index is 13.5. The summed E-state index contributed by atoms with van der Waals surface area (Å²) in [4.78, 5) is 14.4. The van der Waals surface area contributed by atoms with Gasteiger partial charge >= 0.3 is 0 Å². The minimum atomic E-state index is -3.57. The highest BCUT2D eigenvalue weighted by molar-refractivity contribution is 7.89. The van der Waals surface area contributed by atoms with Crippen LogP contribution in [0.2, 0.25) is 0 Å². The average molecular weight is 378 g/mol. The lowest BCUT2D eigenvalue weighted by Gasteiger charge is -2.32. The van der Waals surface area contributed by atoms with Crippen molar-refractivity contribution in [2.45, 2.75) is 17.4 Å². The zero-order chi connectivity index (χ0) is 19.1. The highest BCUT2D eigenvalue weighted by atomic mass is 32.2. The first-order valence-corrected chi connectivity index (χ1v) is 9.48. The van der Waals surface area contributed by atoms with Crippen molar-refractivity contribution in [2.24, 2.45) is 0 Å². The van der Waals surface area contributed by atoms with Crippen LogP contribution in [-0.4, -0.2) is 44.4 Å². The summed E-state index contributed by atoms with van der Waals surface area (Å²) < 4.78 is 38.8. The van der Waals surface area contributed by atoms with Gasteiger partial charge in [0.25, 0.3) is 5.91 Å². The normalized spacial score (nSPS) is 17.3. The standard InChI is InChI=1S/C18H19FN2O4S/c1-20(2)26(24,25)14-6-3-12(4-7-14)18(23)21-10-9-17(22)15-11-13(19)5-8-16(15)21/h3-8,11,17,22H,9-10H2,1-2H3. The molecule has 1 atom stereocenters. The van der Waals surface area contributed by atoms with Crippen LogP contribution in [-0.2, 0) is 10.0 Å². The second-order valence-corrected chi connectivity index (χ2v) is 8.43. The highest BCUT2D eigenvalue weighted by Crippen LogP contribution is 2.35. The molecule has 6 nitrogen and oxygen atoms in total. The van der Waals surface area contributed by atoms with E-state index in [1.165, 1.54) is 61.5 Å². The van der Waals surface area contributed by atoms with E-state index in [1.54, 1.807) is 0 Å². The fourth-order valence-corrected chi connectivity index (χ4v) is 3.81. The van der Waals surface area contributed by atoms with Gasteiger partial charge in [-0.3, -0.25) is 4.79 Å². The fourth-order valence-electron chi connectivity index (χ4n) is 2.91. The predicted molar refractivity (Wildman–Crippen MR) is 95.0 cm³/mol. The summed E-state index contributed by atoms with van der Waals surface area (Å²) in [6, 6.07) is 9.60. The molecule has 3 rings (SSSR count). The second-order valence-electron chi connectivity index (χ2n) is 6.28. The van der Waals surface area contributed by atoms with Crippen LogP contribution >= 0.6 is 0 Å². The van der Waals surface area contributed by atoms with Gasteiger partial charge in [0.15, 0.2) is 0 Å². The van der Waals surface area contributed by atoms with Gasteiger partial charge in [-0.2, -0.15) is 0 Å². The zero-order valence-electron chi connectivity index (χ0n) is 14.4. The number of benzene rings is 2. The Balaban J connectivity index is 1.93. The predicted octanol–water partition coefficient (Wildman–Crippen LogP) is 2.16. The van der Waals surface area contributed by atoms with Gasteiger partial charge in [0.05, 0.1) is 11.0 Å². The minimum absolute atomic E-state index is 0.0931. The van der Waals surface area contributed by atoms with Crippen LogP contribution in [0.1, 0.15) is 28.4 Å². The van der Waals surface area contributed by atoms with Gasteiger partial charge in [-0.25, -0.2) is 17.1 Å². The Hall–Kier alpha value is -2.29. The van der Waals surface area contributed by atoms with Crippen LogP contribution in [0.5, 0.6) is 0 Å². The Labute approximate surface area is 151 Å². The van der Waals surface area contributed by atoms with Gasteiger partial charge in [0, 0.05) is 37.5 Å². The molecule has 1 unspecified atom stereocenters. The molecule has 1 aliphatic heterocycles. The molecule has 2 aromatic rings. The topological polar surface area (TPSA) is 77.9 Å². The molecule has 0 aliphatic carbocycles. The van der Waals surface area contributed by atoms with Crippen LogP contribution in [0.15, 0.2) is 47.4 Å². The van der Waals surface area contributed by atoms with Gasteiger partial charge in [0.1, 0.15) is 5.82 Å². The molecule has 0 bridgehead atoms. The van der Waals surface area contributed by atoms with Crippen molar-refractivity contribution >= 4 is 21.6 Å². The number of rotatable bonds is 3. The number of anilines is 1. The lowest BCUT2D eigenvalue weighted by atomic mass is 9.98. The molecule has 0 saturated heterocycles. The Morgan fingerprint density at radius 1 is 1.19 bits per heavy atom. The first-order chi connectivity index (χ1) is 12.2. The molecule has 0 spiro atoms. The Kier molecular flexibility index (Phi) is 4.83. The molecular weight excluding hydrogens is 359 g/mol. The van der Waals surface area contributed by atoms with E-state index in [2.05, 4.69) is 0 Å². The lowest BCUT2D eigenvalue weighted by Crippen LogP contribution is -2.36. The SMILES string of the molecule is CN(C)S(=O)(=O)c1ccc(C(=O)N2CCC(O)c3cc(F)ccc32)cc1. The third-order valence-corrected chi connectivity index (χ3v) is 6.22. The van der Waals surface area contributed by atoms with Crippen molar-refractivity contribution in [1.29, 1.82) is 0 Å². The third kappa shape index (κ3) is 3.23. The van der Waals surface area contributed by atoms with E-state index in [9.17, 15) is 22.7 Å². The third-order valence-electron chi connectivity index (χ3n) is 4.39. The van der Waals surface area contributed by atoms with E-state index in [1.807, 2.05) is 0 Å². The molecule has 0 radical (unpaired) electrons. The van der Waals surface area contributed by atoms with Crippen molar-refractivity contribution in [1.82, 2.24) is 4.31 Å². The second kappa shape index (κ2) is 6.79. The monoisotopic (exact) mass is 378 g/mol. The summed E-state index contributed by atoms with van der Waals surface area (Å²) in [5.41, 5.74) is 1.14. The molecule has 1 amide bonds. The number of sulfonamides is 1. The van der Waals surface area contributed by atoms with Crippen LogP contribution < -0.4 is 4.90 Å². The maximum Gasteiger partial charge on any atom is 0.258 e. The lowest BCUT2D eigenvalue weighted by molar-refractivity contribution is 0.0970. The molecule has 8 heteroatoms. The number of carbonyl (C=O) groups excluding carboxylic acids is 1. The van der Waals surface area contributed by atoms with Crippen LogP contribution in [0.4, 0.5) is 10.1 Å². The number of aliphatic hydroxyl groups excluding tert-OH is 1. The molecule has 1 heterocycles. The van der Waals surface area contributed by atoms with E-state index in [-0.39, 0.29) is 17.3 Å². The number of hydrogen-bond donors (Lipinski definition) is 1. The average Bonchev–Trinajstić information content (AvgIpc) is 2.62. The van der Waals surface area contributed by atoms with E-state index in [4.69, 9.17) is 0 Å². The Morgan fingerprint density at radius 2 is 1.85 bits per heavy atom.